The number of nitrogen functional groups attached to an aromatic ring is 1. The third-order valence-corrected chi connectivity index (χ3v) is 6.08. The highest BCUT2D eigenvalue weighted by Crippen LogP contribution is 2.60. The summed E-state index contributed by atoms with van der Waals surface area (Å²) in [4.78, 5) is 4.00. The van der Waals surface area contributed by atoms with E-state index in [1.54, 1.807) is 13.8 Å². The van der Waals surface area contributed by atoms with Crippen LogP contribution < -0.4 is 10.5 Å². The van der Waals surface area contributed by atoms with E-state index in [0.717, 1.165) is 18.5 Å². The Balaban J connectivity index is 1.59. The second kappa shape index (κ2) is 8.44. The van der Waals surface area contributed by atoms with Crippen LogP contribution in [0.3, 0.4) is 0 Å². The Bertz CT molecular complexity index is 1020. The van der Waals surface area contributed by atoms with Gasteiger partial charge in [0.25, 0.3) is 0 Å². The lowest BCUT2D eigenvalue weighted by Gasteiger charge is -2.21. The first-order valence-corrected chi connectivity index (χ1v) is 10.9. The number of fused-ring (bicyclic) bond motifs is 1. The fourth-order valence-corrected chi connectivity index (χ4v) is 4.27. The maximum atomic E-state index is 12.7. The van der Waals surface area contributed by atoms with Crippen molar-refractivity contribution in [2.75, 3.05) is 12.3 Å². The van der Waals surface area contributed by atoms with Gasteiger partial charge in [0.2, 0.25) is 0 Å². The molecule has 1 saturated carbocycles. The van der Waals surface area contributed by atoms with Gasteiger partial charge >= 0.3 is 6.61 Å². The van der Waals surface area contributed by atoms with Crippen LogP contribution in [-0.4, -0.2) is 44.8 Å². The number of hydrogen-bond donors (Lipinski definition) is 2. The summed E-state index contributed by atoms with van der Waals surface area (Å²) in [6, 6.07) is 3.64. The van der Waals surface area contributed by atoms with Gasteiger partial charge in [0.05, 0.1) is 24.0 Å². The Morgan fingerprint density at radius 1 is 1.34 bits per heavy atom. The van der Waals surface area contributed by atoms with Gasteiger partial charge in [0, 0.05) is 29.4 Å². The van der Waals surface area contributed by atoms with E-state index in [1.165, 1.54) is 17.8 Å². The van der Waals surface area contributed by atoms with E-state index in [4.69, 9.17) is 15.6 Å². The Morgan fingerprint density at radius 2 is 2.09 bits per heavy atom. The molecule has 0 spiro atoms. The summed E-state index contributed by atoms with van der Waals surface area (Å²) in [6.45, 7) is 4.98. The predicted molar refractivity (Wildman–Crippen MR) is 116 cm³/mol. The van der Waals surface area contributed by atoms with Crippen molar-refractivity contribution in [1.82, 2.24) is 14.8 Å². The second-order valence-corrected chi connectivity index (χ2v) is 9.29. The molecule has 1 fully saturated rings. The standard InChI is InChI=1S/C23H30F2N4O3/c1-5-12(2)29-18(20-15-7-14(8-16(15)20)31-11-23(3,4)30)9-17(28-29)13-6-19(32-22(24)25)21(26)27-10-13/h6-7,9-10,12,14,16,20,22,30H,5,8,11H2,1-4H3,(H2,26,27). The van der Waals surface area contributed by atoms with Crippen LogP contribution in [0.15, 0.2) is 30.0 Å². The number of aliphatic hydroxyl groups is 1. The molecule has 9 heteroatoms. The van der Waals surface area contributed by atoms with E-state index in [2.05, 4.69) is 29.6 Å². The van der Waals surface area contributed by atoms with Gasteiger partial charge in [-0.3, -0.25) is 4.68 Å². The Hall–Kier alpha value is -2.52. The van der Waals surface area contributed by atoms with Gasteiger partial charge in [-0.1, -0.05) is 18.6 Å². The highest BCUT2D eigenvalue weighted by Gasteiger charge is 2.52. The lowest BCUT2D eigenvalue weighted by atomic mass is 10.1. The quantitative estimate of drug-likeness (QED) is 0.556. The van der Waals surface area contributed by atoms with Crippen LogP contribution in [0, 0.1) is 5.92 Å². The molecule has 2 aliphatic rings. The third-order valence-electron chi connectivity index (χ3n) is 6.08. The van der Waals surface area contributed by atoms with Gasteiger partial charge in [-0.25, -0.2) is 4.98 Å². The van der Waals surface area contributed by atoms with Gasteiger partial charge in [0.15, 0.2) is 11.6 Å². The zero-order valence-corrected chi connectivity index (χ0v) is 18.8. The van der Waals surface area contributed by atoms with Gasteiger partial charge in [0.1, 0.15) is 0 Å². The van der Waals surface area contributed by atoms with Crippen molar-refractivity contribution in [3.8, 4) is 17.0 Å². The number of anilines is 1. The first kappa shape index (κ1) is 22.7. The van der Waals surface area contributed by atoms with Crippen molar-refractivity contribution in [2.24, 2.45) is 5.92 Å². The number of pyridine rings is 1. The molecule has 0 radical (unpaired) electrons. The van der Waals surface area contributed by atoms with Crippen molar-refractivity contribution in [1.29, 1.82) is 0 Å². The number of ether oxygens (including phenoxy) is 2. The molecule has 32 heavy (non-hydrogen) atoms. The zero-order valence-electron chi connectivity index (χ0n) is 18.8. The van der Waals surface area contributed by atoms with Crippen LogP contribution >= 0.6 is 0 Å². The second-order valence-electron chi connectivity index (χ2n) is 9.29. The fourth-order valence-electron chi connectivity index (χ4n) is 4.27. The summed E-state index contributed by atoms with van der Waals surface area (Å²) < 4.78 is 37.7. The largest absolute Gasteiger partial charge is 0.431 e. The first-order chi connectivity index (χ1) is 15.1. The zero-order chi connectivity index (χ0) is 23.2. The maximum Gasteiger partial charge on any atom is 0.387 e. The van der Waals surface area contributed by atoms with Crippen molar-refractivity contribution in [3.05, 3.63) is 35.7 Å². The van der Waals surface area contributed by atoms with Crippen molar-refractivity contribution < 1.29 is 23.4 Å². The Morgan fingerprint density at radius 3 is 2.69 bits per heavy atom. The predicted octanol–water partition coefficient (Wildman–Crippen LogP) is 4.30. The summed E-state index contributed by atoms with van der Waals surface area (Å²) in [5.41, 5.74) is 8.47. The van der Waals surface area contributed by atoms with Crippen LogP contribution in [0.5, 0.6) is 5.75 Å². The Labute approximate surface area is 186 Å². The number of allylic oxidation sites excluding steroid dienone is 1. The van der Waals surface area contributed by atoms with E-state index >= 15 is 0 Å². The molecule has 0 bridgehead atoms. The molecule has 0 saturated heterocycles. The first-order valence-electron chi connectivity index (χ1n) is 10.9. The van der Waals surface area contributed by atoms with Crippen molar-refractivity contribution in [3.63, 3.8) is 0 Å². The molecule has 4 rings (SSSR count). The van der Waals surface area contributed by atoms with Crippen LogP contribution in [0.4, 0.5) is 14.6 Å². The summed E-state index contributed by atoms with van der Waals surface area (Å²) >= 11 is 0. The monoisotopic (exact) mass is 448 g/mol. The molecule has 0 aromatic carbocycles. The number of nitrogens with two attached hydrogens (primary N) is 1. The highest BCUT2D eigenvalue weighted by atomic mass is 19.3. The SMILES string of the molecule is CCC(C)n1nc(-c2cnc(N)c(OC(F)F)c2)cc1C1C2=CC(OCC(C)(C)O)CC21. The minimum Gasteiger partial charge on any atom is -0.431 e. The van der Waals surface area contributed by atoms with Crippen LogP contribution in [-0.2, 0) is 4.74 Å². The molecule has 2 aromatic rings. The fraction of sp³-hybridized carbons (Fsp3) is 0.565. The van der Waals surface area contributed by atoms with E-state index in [9.17, 15) is 13.9 Å². The molecular formula is C23H30F2N4O3. The molecule has 4 unspecified atom stereocenters. The summed E-state index contributed by atoms with van der Waals surface area (Å²) in [6.07, 6.45) is 5.49. The molecule has 4 atom stereocenters. The van der Waals surface area contributed by atoms with Crippen molar-refractivity contribution in [2.45, 2.75) is 70.8 Å². The lowest BCUT2D eigenvalue weighted by molar-refractivity contribution is -0.0494. The van der Waals surface area contributed by atoms with Crippen LogP contribution in [0.25, 0.3) is 11.3 Å². The smallest absolute Gasteiger partial charge is 0.387 e. The van der Waals surface area contributed by atoms with Gasteiger partial charge in [-0.2, -0.15) is 13.9 Å². The summed E-state index contributed by atoms with van der Waals surface area (Å²) in [7, 11) is 0. The van der Waals surface area contributed by atoms with E-state index in [0.29, 0.717) is 23.8 Å². The maximum absolute atomic E-state index is 12.7. The van der Waals surface area contributed by atoms with Gasteiger partial charge in [-0.05, 0) is 51.7 Å². The molecule has 0 amide bonds. The molecule has 7 nitrogen and oxygen atoms in total. The third kappa shape index (κ3) is 4.63. The van der Waals surface area contributed by atoms with Gasteiger partial charge < -0.3 is 20.3 Å². The van der Waals surface area contributed by atoms with Gasteiger partial charge in [-0.15, -0.1) is 0 Å². The summed E-state index contributed by atoms with van der Waals surface area (Å²) in [5, 5.41) is 14.7. The normalized spacial score (nSPS) is 23.2. The van der Waals surface area contributed by atoms with E-state index < -0.39 is 12.2 Å². The van der Waals surface area contributed by atoms with E-state index in [-0.39, 0.29) is 29.6 Å². The molecule has 174 valence electrons. The Kier molecular flexibility index (Phi) is 5.98. The van der Waals surface area contributed by atoms with Crippen molar-refractivity contribution >= 4 is 5.82 Å². The number of hydrogen-bond acceptors (Lipinski definition) is 6. The molecule has 0 aliphatic heterocycles. The highest BCUT2D eigenvalue weighted by molar-refractivity contribution is 5.65. The minimum atomic E-state index is -2.98. The molecule has 2 aromatic heterocycles. The number of rotatable bonds is 9. The molecule has 2 heterocycles. The molecule has 2 aliphatic carbocycles. The number of nitrogens with zero attached hydrogens (tertiary/aromatic N) is 3. The van der Waals surface area contributed by atoms with Crippen LogP contribution in [0.2, 0.25) is 0 Å². The summed E-state index contributed by atoms with van der Waals surface area (Å²) in [5.74, 6) is 0.423. The number of halogens is 2. The van der Waals surface area contributed by atoms with E-state index in [1.807, 2.05) is 10.7 Å². The molecular weight excluding hydrogens is 418 g/mol. The van der Waals surface area contributed by atoms with Crippen LogP contribution in [0.1, 0.15) is 58.2 Å². The number of aromatic nitrogens is 3. The lowest BCUT2D eigenvalue weighted by Crippen LogP contribution is -2.28. The number of alkyl halides is 2. The minimum absolute atomic E-state index is 0.0208. The molecule has 3 N–H and O–H groups in total. The average molecular weight is 449 g/mol. The average Bonchev–Trinajstić information content (AvgIpc) is 3.07. The topological polar surface area (TPSA) is 95.4 Å².